The number of aryl methyl sites for hydroxylation is 7. The molecule has 0 fully saturated rings. The highest BCUT2D eigenvalue weighted by Gasteiger charge is 2.12. The summed E-state index contributed by atoms with van der Waals surface area (Å²) in [7, 11) is 2.00. The molecule has 6 heteroatoms. The molecule has 5 aromatic rings. The lowest BCUT2D eigenvalue weighted by molar-refractivity contribution is 0.390. The molecular weight excluding hydrogens is 412 g/mol. The van der Waals surface area contributed by atoms with E-state index in [1.165, 1.54) is 10.9 Å². The van der Waals surface area contributed by atoms with E-state index in [9.17, 15) is 4.79 Å². The molecule has 5 rings (SSSR count). The van der Waals surface area contributed by atoms with Crippen LogP contribution in [0, 0.1) is 6.92 Å². The molecule has 2 aromatic carbocycles. The van der Waals surface area contributed by atoms with Gasteiger partial charge in [-0.2, -0.15) is 5.10 Å². The number of aromatic nitrogens is 4. The summed E-state index contributed by atoms with van der Waals surface area (Å²) < 4.78 is 7.14. The van der Waals surface area contributed by atoms with Crippen molar-refractivity contribution in [3.8, 4) is 0 Å². The van der Waals surface area contributed by atoms with Gasteiger partial charge in [0.2, 0.25) is 5.56 Å². The maximum atomic E-state index is 12.2. The maximum absolute atomic E-state index is 12.2. The zero-order chi connectivity index (χ0) is 22.9. The second-order valence-electron chi connectivity index (χ2n) is 8.70. The summed E-state index contributed by atoms with van der Waals surface area (Å²) in [6.07, 6.45) is 4.23. The van der Waals surface area contributed by atoms with E-state index >= 15 is 0 Å². The van der Waals surface area contributed by atoms with E-state index in [1.807, 2.05) is 24.7 Å². The smallest absolute Gasteiger partial charge is 0.248 e. The monoisotopic (exact) mass is 440 g/mol. The van der Waals surface area contributed by atoms with Crippen molar-refractivity contribution in [3.63, 3.8) is 0 Å². The van der Waals surface area contributed by atoms with Crippen LogP contribution in [0.15, 0.2) is 57.8 Å². The molecule has 33 heavy (non-hydrogen) atoms. The van der Waals surface area contributed by atoms with E-state index in [1.54, 1.807) is 6.07 Å². The number of nitrogens with one attached hydrogen (secondary N) is 1. The van der Waals surface area contributed by atoms with Gasteiger partial charge >= 0.3 is 0 Å². The highest BCUT2D eigenvalue weighted by atomic mass is 16.5. The van der Waals surface area contributed by atoms with E-state index in [0.29, 0.717) is 0 Å². The van der Waals surface area contributed by atoms with Crippen LogP contribution >= 0.6 is 0 Å². The third kappa shape index (κ3) is 4.21. The molecule has 0 atom stereocenters. The first kappa shape index (κ1) is 21.2. The van der Waals surface area contributed by atoms with Gasteiger partial charge in [-0.3, -0.25) is 9.48 Å². The average molecular weight is 441 g/mol. The van der Waals surface area contributed by atoms with Crippen LogP contribution in [-0.2, 0) is 39.2 Å². The number of hydrogen-bond donors (Lipinski definition) is 1. The Morgan fingerprint density at radius 1 is 0.970 bits per heavy atom. The SMILES string of the molecule is CCc1cc(=O)[nH]c2c(CCc3nn(C)c4cc(CCc5cc(C)on5)ccc34)cccc12. The first-order valence-corrected chi connectivity index (χ1v) is 11.5. The summed E-state index contributed by atoms with van der Waals surface area (Å²) in [4.78, 5) is 15.2. The van der Waals surface area contributed by atoms with Crippen LogP contribution < -0.4 is 5.56 Å². The molecule has 0 saturated heterocycles. The zero-order valence-electron chi connectivity index (χ0n) is 19.3. The van der Waals surface area contributed by atoms with Gasteiger partial charge < -0.3 is 9.51 Å². The number of aromatic amines is 1. The fourth-order valence-corrected chi connectivity index (χ4v) is 4.69. The molecule has 1 N–H and O–H groups in total. The number of benzene rings is 2. The zero-order valence-corrected chi connectivity index (χ0v) is 19.3. The van der Waals surface area contributed by atoms with Crippen molar-refractivity contribution in [1.29, 1.82) is 0 Å². The lowest BCUT2D eigenvalue weighted by Gasteiger charge is -2.09. The number of fused-ring (bicyclic) bond motifs is 2. The number of hydrogen-bond acceptors (Lipinski definition) is 4. The minimum Gasteiger partial charge on any atom is -0.361 e. The Bertz CT molecular complexity index is 1510. The summed E-state index contributed by atoms with van der Waals surface area (Å²) in [5.41, 5.74) is 7.62. The molecule has 3 heterocycles. The van der Waals surface area contributed by atoms with E-state index in [4.69, 9.17) is 9.62 Å². The number of H-pyrrole nitrogens is 1. The highest BCUT2D eigenvalue weighted by molar-refractivity contribution is 5.85. The summed E-state index contributed by atoms with van der Waals surface area (Å²) in [5, 5.41) is 11.2. The fourth-order valence-electron chi connectivity index (χ4n) is 4.69. The Labute approximate surface area is 192 Å². The molecule has 0 aliphatic carbocycles. The van der Waals surface area contributed by atoms with E-state index < -0.39 is 0 Å². The molecule has 6 nitrogen and oxygen atoms in total. The third-order valence-corrected chi connectivity index (χ3v) is 6.40. The minimum absolute atomic E-state index is 0.0385. The van der Waals surface area contributed by atoms with Crippen molar-refractivity contribution >= 4 is 21.8 Å². The maximum Gasteiger partial charge on any atom is 0.248 e. The molecule has 3 aromatic heterocycles. The summed E-state index contributed by atoms with van der Waals surface area (Å²) in [6, 6.07) is 16.6. The number of rotatable bonds is 7. The van der Waals surface area contributed by atoms with E-state index in [-0.39, 0.29) is 5.56 Å². The molecule has 0 aliphatic rings. The molecule has 0 spiro atoms. The Balaban J connectivity index is 1.39. The Morgan fingerprint density at radius 2 is 1.85 bits per heavy atom. The lowest BCUT2D eigenvalue weighted by Crippen LogP contribution is -2.08. The molecule has 0 bridgehead atoms. The van der Waals surface area contributed by atoms with Crippen LogP contribution in [0.4, 0.5) is 0 Å². The molecule has 0 radical (unpaired) electrons. The first-order valence-electron chi connectivity index (χ1n) is 11.5. The quantitative estimate of drug-likeness (QED) is 0.393. The van der Waals surface area contributed by atoms with Crippen molar-refractivity contribution in [1.82, 2.24) is 19.9 Å². The van der Waals surface area contributed by atoms with Gasteiger partial charge in [0.05, 0.1) is 22.4 Å². The normalized spacial score (nSPS) is 11.6. The highest BCUT2D eigenvalue weighted by Crippen LogP contribution is 2.24. The van der Waals surface area contributed by atoms with Crippen molar-refractivity contribution in [2.24, 2.45) is 7.05 Å². The van der Waals surface area contributed by atoms with Crippen LogP contribution in [0.1, 0.15) is 40.8 Å². The lowest BCUT2D eigenvalue weighted by atomic mass is 9.99. The van der Waals surface area contributed by atoms with Gasteiger partial charge in [-0.25, -0.2) is 0 Å². The molecule has 0 amide bonds. The summed E-state index contributed by atoms with van der Waals surface area (Å²) in [5.74, 6) is 0.845. The molecular formula is C27H28N4O2. The topological polar surface area (TPSA) is 76.7 Å². The number of nitrogens with zero attached hydrogens (tertiary/aromatic N) is 3. The van der Waals surface area contributed by atoms with Gasteiger partial charge in [-0.05, 0) is 61.8 Å². The van der Waals surface area contributed by atoms with Crippen LogP contribution in [0.2, 0.25) is 0 Å². The minimum atomic E-state index is -0.0385. The summed E-state index contributed by atoms with van der Waals surface area (Å²) in [6.45, 7) is 4.00. The predicted octanol–water partition coefficient (Wildman–Crippen LogP) is 4.84. The van der Waals surface area contributed by atoms with Crippen molar-refractivity contribution in [3.05, 3.63) is 92.7 Å². The van der Waals surface area contributed by atoms with Crippen LogP contribution in [0.5, 0.6) is 0 Å². The Kier molecular flexibility index (Phi) is 5.58. The van der Waals surface area contributed by atoms with E-state index in [0.717, 1.165) is 76.8 Å². The standard InChI is InChI=1S/C27H28N4O2/c1-4-19-16-26(32)28-27-20(6-5-7-22(19)27)10-13-24-23-12-9-18(15-25(23)31(3)29-24)8-11-21-14-17(2)33-30-21/h5-7,9,12,14-16H,4,8,10-11,13H2,1-3H3,(H,28,32). The molecule has 168 valence electrons. The van der Waals surface area contributed by atoms with Crippen LogP contribution in [0.25, 0.3) is 21.8 Å². The van der Waals surface area contributed by atoms with Crippen molar-refractivity contribution < 1.29 is 4.52 Å². The second-order valence-corrected chi connectivity index (χ2v) is 8.70. The van der Waals surface area contributed by atoms with Gasteiger partial charge in [-0.1, -0.05) is 42.4 Å². The van der Waals surface area contributed by atoms with E-state index in [2.05, 4.69) is 53.5 Å². The first-order chi connectivity index (χ1) is 16.0. The molecule has 0 unspecified atom stereocenters. The van der Waals surface area contributed by atoms with Crippen molar-refractivity contribution in [2.45, 2.75) is 46.0 Å². The van der Waals surface area contributed by atoms with Gasteiger partial charge in [-0.15, -0.1) is 0 Å². The number of para-hydroxylation sites is 1. The average Bonchev–Trinajstić information content (AvgIpc) is 3.38. The third-order valence-electron chi connectivity index (χ3n) is 6.40. The Morgan fingerprint density at radius 3 is 2.64 bits per heavy atom. The second kappa shape index (κ2) is 8.70. The van der Waals surface area contributed by atoms with Gasteiger partial charge in [0.15, 0.2) is 0 Å². The van der Waals surface area contributed by atoms with Gasteiger partial charge in [0.1, 0.15) is 5.76 Å². The van der Waals surface area contributed by atoms with Crippen LogP contribution in [-0.4, -0.2) is 19.9 Å². The van der Waals surface area contributed by atoms with Gasteiger partial charge in [0, 0.05) is 30.0 Å². The largest absolute Gasteiger partial charge is 0.361 e. The number of pyridine rings is 1. The predicted molar refractivity (Wildman–Crippen MR) is 131 cm³/mol. The Hall–Kier alpha value is -3.67. The molecule has 0 saturated carbocycles. The van der Waals surface area contributed by atoms with Crippen LogP contribution in [0.3, 0.4) is 0 Å². The van der Waals surface area contributed by atoms with Crippen molar-refractivity contribution in [2.75, 3.05) is 0 Å². The fraction of sp³-hybridized carbons (Fsp3) is 0.296. The van der Waals surface area contributed by atoms with Gasteiger partial charge in [0.25, 0.3) is 0 Å². The molecule has 0 aliphatic heterocycles. The summed E-state index contributed by atoms with van der Waals surface area (Å²) >= 11 is 0.